The minimum atomic E-state index is -0.244. The summed E-state index contributed by atoms with van der Waals surface area (Å²) in [5.41, 5.74) is 0.904. The Kier molecular flexibility index (Phi) is 3.28. The van der Waals surface area contributed by atoms with Crippen molar-refractivity contribution in [2.24, 2.45) is 0 Å². The van der Waals surface area contributed by atoms with Crippen molar-refractivity contribution in [3.63, 3.8) is 0 Å². The Bertz CT molecular complexity index is 673. The fraction of sp³-hybridized carbons (Fsp3) is 0.0714. The van der Waals surface area contributed by atoms with Gasteiger partial charge in [-0.2, -0.15) is 5.10 Å². The Morgan fingerprint density at radius 2 is 2.25 bits per heavy atom. The summed E-state index contributed by atoms with van der Waals surface area (Å²) in [5.74, 6) is 0.786. The highest BCUT2D eigenvalue weighted by atomic mass is 16.3. The molecule has 3 heterocycles. The molecule has 0 saturated carbocycles. The first-order valence-corrected chi connectivity index (χ1v) is 6.09. The van der Waals surface area contributed by atoms with Crippen LogP contribution < -0.4 is 5.32 Å². The number of hydrogen-bond donors (Lipinski definition) is 1. The van der Waals surface area contributed by atoms with E-state index in [-0.39, 0.29) is 5.91 Å². The van der Waals surface area contributed by atoms with Crippen LogP contribution in [0, 0.1) is 0 Å². The maximum atomic E-state index is 11.7. The zero-order valence-corrected chi connectivity index (χ0v) is 10.6. The van der Waals surface area contributed by atoms with Gasteiger partial charge >= 0.3 is 0 Å². The molecule has 0 fully saturated rings. The molecule has 6 nitrogen and oxygen atoms in total. The average molecular weight is 268 g/mol. The number of furan rings is 1. The normalized spacial score (nSPS) is 10.4. The van der Waals surface area contributed by atoms with Crippen LogP contribution >= 0.6 is 0 Å². The number of carbonyl (C=O) groups excluding carboxylic acids is 1. The quantitative estimate of drug-likeness (QED) is 0.783. The van der Waals surface area contributed by atoms with Crippen LogP contribution in [0.3, 0.4) is 0 Å². The number of nitrogens with zero attached hydrogens (tertiary/aromatic N) is 3. The van der Waals surface area contributed by atoms with Crippen molar-refractivity contribution in [1.29, 1.82) is 0 Å². The molecule has 6 heteroatoms. The van der Waals surface area contributed by atoms with Crippen LogP contribution in [0.5, 0.6) is 0 Å². The molecule has 3 aromatic rings. The third-order valence-electron chi connectivity index (χ3n) is 2.75. The van der Waals surface area contributed by atoms with Crippen molar-refractivity contribution in [2.45, 2.75) is 6.54 Å². The van der Waals surface area contributed by atoms with E-state index in [0.29, 0.717) is 12.3 Å². The van der Waals surface area contributed by atoms with E-state index in [2.05, 4.69) is 15.4 Å². The van der Waals surface area contributed by atoms with Crippen LogP contribution in [-0.2, 0) is 6.54 Å². The van der Waals surface area contributed by atoms with Gasteiger partial charge in [-0.3, -0.25) is 4.79 Å². The van der Waals surface area contributed by atoms with E-state index < -0.39 is 0 Å². The first-order valence-electron chi connectivity index (χ1n) is 6.09. The van der Waals surface area contributed by atoms with Gasteiger partial charge in [-0.15, -0.1) is 0 Å². The highest BCUT2D eigenvalue weighted by molar-refractivity contribution is 5.91. The van der Waals surface area contributed by atoms with Crippen LogP contribution in [0.25, 0.3) is 5.82 Å². The van der Waals surface area contributed by atoms with Gasteiger partial charge in [0.2, 0.25) is 0 Å². The molecule has 0 aliphatic heterocycles. The minimum absolute atomic E-state index is 0.244. The van der Waals surface area contributed by atoms with Gasteiger partial charge in [0.1, 0.15) is 0 Å². The van der Waals surface area contributed by atoms with E-state index >= 15 is 0 Å². The summed E-state index contributed by atoms with van der Waals surface area (Å²) in [4.78, 5) is 16.0. The predicted molar refractivity (Wildman–Crippen MR) is 71.2 cm³/mol. The third kappa shape index (κ3) is 2.59. The molecule has 0 atom stereocenters. The standard InChI is InChI=1S/C14H12N4O2/c19-14(12-3-1-8-20-12)16-10-11-4-5-13(15-9-11)18-7-2-6-17-18/h1-9H,10H2,(H,16,19). The second-order valence-electron chi connectivity index (χ2n) is 4.14. The zero-order valence-electron chi connectivity index (χ0n) is 10.6. The van der Waals surface area contributed by atoms with Crippen LogP contribution in [0.2, 0.25) is 0 Å². The lowest BCUT2D eigenvalue weighted by Crippen LogP contribution is -2.22. The van der Waals surface area contributed by atoms with E-state index in [0.717, 1.165) is 11.4 Å². The topological polar surface area (TPSA) is 73.0 Å². The van der Waals surface area contributed by atoms with Gasteiger partial charge in [0.15, 0.2) is 11.6 Å². The second-order valence-corrected chi connectivity index (χ2v) is 4.14. The summed E-state index contributed by atoms with van der Waals surface area (Å²) < 4.78 is 6.68. The number of amides is 1. The lowest BCUT2D eigenvalue weighted by Gasteiger charge is -2.04. The smallest absolute Gasteiger partial charge is 0.287 e. The molecule has 0 spiro atoms. The number of pyridine rings is 1. The molecule has 0 aromatic carbocycles. The van der Waals surface area contributed by atoms with Crippen molar-refractivity contribution >= 4 is 5.91 Å². The molecule has 100 valence electrons. The highest BCUT2D eigenvalue weighted by Gasteiger charge is 2.07. The van der Waals surface area contributed by atoms with Crippen LogP contribution in [-0.4, -0.2) is 20.7 Å². The molecule has 3 aromatic heterocycles. The summed E-state index contributed by atoms with van der Waals surface area (Å²) in [6, 6.07) is 8.87. The fourth-order valence-electron chi connectivity index (χ4n) is 1.74. The van der Waals surface area contributed by atoms with E-state index in [1.807, 2.05) is 24.4 Å². The Labute approximate surface area is 115 Å². The Morgan fingerprint density at radius 1 is 1.30 bits per heavy atom. The van der Waals surface area contributed by atoms with Gasteiger partial charge in [0.25, 0.3) is 5.91 Å². The lowest BCUT2D eigenvalue weighted by atomic mass is 10.2. The number of rotatable bonds is 4. The summed E-state index contributed by atoms with van der Waals surface area (Å²) in [5, 5.41) is 6.86. The van der Waals surface area contributed by atoms with Crippen LogP contribution in [0.1, 0.15) is 16.1 Å². The number of nitrogens with one attached hydrogen (secondary N) is 1. The Hall–Kier alpha value is -2.89. The maximum absolute atomic E-state index is 11.7. The van der Waals surface area contributed by atoms with Crippen LogP contribution in [0.4, 0.5) is 0 Å². The van der Waals surface area contributed by atoms with Gasteiger partial charge in [-0.1, -0.05) is 6.07 Å². The number of hydrogen-bond acceptors (Lipinski definition) is 4. The molecule has 1 amide bonds. The summed E-state index contributed by atoms with van der Waals surface area (Å²) in [6.07, 6.45) is 6.69. The zero-order chi connectivity index (χ0) is 13.8. The molecule has 3 rings (SSSR count). The van der Waals surface area contributed by atoms with Crippen molar-refractivity contribution < 1.29 is 9.21 Å². The van der Waals surface area contributed by atoms with Crippen molar-refractivity contribution in [3.8, 4) is 5.82 Å². The average Bonchev–Trinajstić information content (AvgIpc) is 3.18. The summed E-state index contributed by atoms with van der Waals surface area (Å²) in [7, 11) is 0. The molecular formula is C14H12N4O2. The first-order chi connectivity index (χ1) is 9.83. The highest BCUT2D eigenvalue weighted by Crippen LogP contribution is 2.05. The SMILES string of the molecule is O=C(NCc1ccc(-n2cccn2)nc1)c1ccco1. The van der Waals surface area contributed by atoms with E-state index in [4.69, 9.17) is 4.42 Å². The molecule has 0 bridgehead atoms. The summed E-state index contributed by atoms with van der Waals surface area (Å²) in [6.45, 7) is 0.395. The molecule has 0 unspecified atom stereocenters. The van der Waals surface area contributed by atoms with Gasteiger partial charge in [-0.25, -0.2) is 9.67 Å². The molecule has 0 saturated heterocycles. The summed E-state index contributed by atoms with van der Waals surface area (Å²) >= 11 is 0. The number of carbonyl (C=O) groups is 1. The molecule has 1 N–H and O–H groups in total. The van der Waals surface area contributed by atoms with E-state index in [1.54, 1.807) is 29.2 Å². The van der Waals surface area contributed by atoms with Crippen molar-refractivity contribution in [1.82, 2.24) is 20.1 Å². The largest absolute Gasteiger partial charge is 0.459 e. The monoisotopic (exact) mass is 268 g/mol. The molecule has 0 radical (unpaired) electrons. The molecule has 20 heavy (non-hydrogen) atoms. The predicted octanol–water partition coefficient (Wildman–Crippen LogP) is 1.79. The lowest BCUT2D eigenvalue weighted by molar-refractivity contribution is 0.0923. The van der Waals surface area contributed by atoms with Crippen molar-refractivity contribution in [3.05, 3.63) is 66.5 Å². The first kappa shape index (κ1) is 12.2. The van der Waals surface area contributed by atoms with Crippen LogP contribution in [0.15, 0.2) is 59.6 Å². The Morgan fingerprint density at radius 3 is 2.90 bits per heavy atom. The van der Waals surface area contributed by atoms with E-state index in [9.17, 15) is 4.79 Å². The fourth-order valence-corrected chi connectivity index (χ4v) is 1.74. The third-order valence-corrected chi connectivity index (χ3v) is 2.75. The molecule has 0 aliphatic rings. The van der Waals surface area contributed by atoms with Gasteiger partial charge < -0.3 is 9.73 Å². The number of aromatic nitrogens is 3. The van der Waals surface area contributed by atoms with E-state index in [1.165, 1.54) is 6.26 Å². The van der Waals surface area contributed by atoms with Gasteiger partial charge in [0.05, 0.1) is 6.26 Å². The minimum Gasteiger partial charge on any atom is -0.459 e. The van der Waals surface area contributed by atoms with Crippen molar-refractivity contribution in [2.75, 3.05) is 0 Å². The Balaban J connectivity index is 1.63. The second kappa shape index (κ2) is 5.40. The maximum Gasteiger partial charge on any atom is 0.287 e. The van der Waals surface area contributed by atoms with Gasteiger partial charge in [0, 0.05) is 25.1 Å². The molecule has 0 aliphatic carbocycles. The molecular weight excluding hydrogens is 256 g/mol. The van der Waals surface area contributed by atoms with Gasteiger partial charge in [-0.05, 0) is 29.8 Å².